The van der Waals surface area contributed by atoms with Crippen LogP contribution in [0.5, 0.6) is 17.2 Å². The Morgan fingerprint density at radius 3 is 2.50 bits per heavy atom. The molecule has 0 bridgehead atoms. The number of hydrogen-bond donors (Lipinski definition) is 2. The molecule has 2 fully saturated rings. The zero-order chi connectivity index (χ0) is 26.5. The summed E-state index contributed by atoms with van der Waals surface area (Å²) < 4.78 is 16.0. The number of piperazine rings is 2. The molecule has 0 aliphatic carbocycles. The summed E-state index contributed by atoms with van der Waals surface area (Å²) in [4.78, 5) is 44.6. The first kappa shape index (κ1) is 25.8. The van der Waals surface area contributed by atoms with E-state index in [1.165, 1.54) is 0 Å². The van der Waals surface area contributed by atoms with Crippen molar-refractivity contribution < 1.29 is 28.6 Å². The van der Waals surface area contributed by atoms with E-state index in [0.717, 1.165) is 49.8 Å². The number of carbonyl (C=O) groups excluding carboxylic acids is 3. The highest BCUT2D eigenvalue weighted by molar-refractivity contribution is 5.97. The van der Waals surface area contributed by atoms with Crippen LogP contribution in [0.2, 0.25) is 0 Å². The van der Waals surface area contributed by atoms with E-state index < -0.39 is 6.04 Å². The number of benzene rings is 2. The number of anilines is 1. The first-order valence-electron chi connectivity index (χ1n) is 12.8. The van der Waals surface area contributed by atoms with Gasteiger partial charge in [-0.3, -0.25) is 24.2 Å². The smallest absolute Gasteiger partial charge is 0.243 e. The molecule has 3 aliphatic rings. The van der Waals surface area contributed by atoms with Crippen molar-refractivity contribution >= 4 is 23.4 Å². The van der Waals surface area contributed by atoms with E-state index in [0.29, 0.717) is 24.5 Å². The van der Waals surface area contributed by atoms with Gasteiger partial charge in [0.1, 0.15) is 11.8 Å². The van der Waals surface area contributed by atoms with Gasteiger partial charge in [-0.25, -0.2) is 0 Å². The predicted octanol–water partition coefficient (Wildman–Crippen LogP) is 0.897. The molecular weight excluding hydrogens is 490 g/mol. The Labute approximate surface area is 221 Å². The largest absolute Gasteiger partial charge is 0.497 e. The Kier molecular flexibility index (Phi) is 7.94. The average molecular weight is 524 g/mol. The van der Waals surface area contributed by atoms with E-state index in [1.54, 1.807) is 36.3 Å². The molecule has 11 nitrogen and oxygen atoms in total. The molecule has 5 rings (SSSR count). The molecule has 0 aromatic heterocycles. The number of fused-ring (bicyclic) bond motifs is 1. The summed E-state index contributed by atoms with van der Waals surface area (Å²) in [6.45, 7) is 5.21. The maximum absolute atomic E-state index is 13.2. The van der Waals surface area contributed by atoms with Crippen LogP contribution in [0, 0.1) is 0 Å². The molecule has 0 radical (unpaired) electrons. The van der Waals surface area contributed by atoms with Crippen LogP contribution in [0.15, 0.2) is 42.5 Å². The minimum atomic E-state index is -0.832. The number of hydrogen-bond acceptors (Lipinski definition) is 8. The van der Waals surface area contributed by atoms with E-state index in [-0.39, 0.29) is 37.5 Å². The molecule has 3 aliphatic heterocycles. The second-order valence-electron chi connectivity index (χ2n) is 9.61. The normalized spacial score (nSPS) is 19.7. The molecule has 2 aromatic rings. The Balaban J connectivity index is 1.11. The number of methoxy groups -OCH3 is 1. The number of nitrogens with one attached hydrogen (secondary N) is 2. The lowest BCUT2D eigenvalue weighted by Crippen LogP contribution is -2.60. The van der Waals surface area contributed by atoms with Gasteiger partial charge in [-0.05, 0) is 42.0 Å². The topological polar surface area (TPSA) is 113 Å². The van der Waals surface area contributed by atoms with Gasteiger partial charge in [0.2, 0.25) is 24.5 Å². The molecular formula is C27H33N5O6. The maximum Gasteiger partial charge on any atom is 0.243 e. The number of rotatable bonds is 8. The SMILES string of the molecule is COc1ccc(NC(=O)C[C@H]2C(=O)NCCN2C(=O)CN2CCN(Cc3ccc4c(c3)OCO4)CC2)cc1. The Morgan fingerprint density at radius 2 is 1.74 bits per heavy atom. The van der Waals surface area contributed by atoms with Crippen molar-refractivity contribution in [2.24, 2.45) is 0 Å². The first-order valence-corrected chi connectivity index (χ1v) is 12.8. The molecule has 2 N–H and O–H groups in total. The lowest BCUT2D eigenvalue weighted by molar-refractivity contribution is -0.145. The van der Waals surface area contributed by atoms with E-state index in [2.05, 4.69) is 26.5 Å². The van der Waals surface area contributed by atoms with Gasteiger partial charge >= 0.3 is 0 Å². The fourth-order valence-electron chi connectivity index (χ4n) is 4.96. The quantitative estimate of drug-likeness (QED) is 0.525. The van der Waals surface area contributed by atoms with Gasteiger partial charge in [0, 0.05) is 51.5 Å². The lowest BCUT2D eigenvalue weighted by Gasteiger charge is -2.38. The van der Waals surface area contributed by atoms with Crippen LogP contribution in [-0.4, -0.2) is 98.2 Å². The van der Waals surface area contributed by atoms with Crippen molar-refractivity contribution in [3.63, 3.8) is 0 Å². The number of carbonyl (C=O) groups is 3. The highest BCUT2D eigenvalue weighted by atomic mass is 16.7. The van der Waals surface area contributed by atoms with Crippen molar-refractivity contribution in [3.05, 3.63) is 48.0 Å². The van der Waals surface area contributed by atoms with Gasteiger partial charge in [-0.2, -0.15) is 0 Å². The number of ether oxygens (including phenoxy) is 3. The summed E-state index contributed by atoms with van der Waals surface area (Å²) in [5.41, 5.74) is 1.76. The molecule has 0 spiro atoms. The monoisotopic (exact) mass is 523 g/mol. The third-order valence-corrected chi connectivity index (χ3v) is 7.07. The lowest BCUT2D eigenvalue weighted by atomic mass is 10.1. The van der Waals surface area contributed by atoms with Crippen molar-refractivity contribution in [1.29, 1.82) is 0 Å². The van der Waals surface area contributed by atoms with Crippen LogP contribution in [0.4, 0.5) is 5.69 Å². The van der Waals surface area contributed by atoms with Gasteiger partial charge < -0.3 is 29.7 Å². The number of amides is 3. The highest BCUT2D eigenvalue weighted by Crippen LogP contribution is 2.32. The van der Waals surface area contributed by atoms with E-state index >= 15 is 0 Å². The van der Waals surface area contributed by atoms with E-state index in [1.807, 2.05) is 12.1 Å². The molecule has 1 atom stereocenters. The first-order chi connectivity index (χ1) is 18.5. The van der Waals surface area contributed by atoms with Gasteiger partial charge in [-0.15, -0.1) is 0 Å². The summed E-state index contributed by atoms with van der Waals surface area (Å²) >= 11 is 0. The van der Waals surface area contributed by atoms with Crippen molar-refractivity contribution in [1.82, 2.24) is 20.0 Å². The Hall–Kier alpha value is -3.83. The third kappa shape index (κ3) is 6.17. The Bertz CT molecular complexity index is 1170. The van der Waals surface area contributed by atoms with Gasteiger partial charge in [0.15, 0.2) is 11.5 Å². The molecule has 2 saturated heterocycles. The van der Waals surface area contributed by atoms with Crippen molar-refractivity contribution in [2.75, 3.05) is 65.0 Å². The zero-order valence-electron chi connectivity index (χ0n) is 21.5. The van der Waals surface area contributed by atoms with Crippen molar-refractivity contribution in [2.45, 2.75) is 19.0 Å². The van der Waals surface area contributed by atoms with E-state index in [4.69, 9.17) is 14.2 Å². The van der Waals surface area contributed by atoms with Gasteiger partial charge in [0.05, 0.1) is 20.1 Å². The fraction of sp³-hybridized carbons (Fsp3) is 0.444. The average Bonchev–Trinajstić information content (AvgIpc) is 3.39. The van der Waals surface area contributed by atoms with E-state index in [9.17, 15) is 14.4 Å². The summed E-state index contributed by atoms with van der Waals surface area (Å²) in [7, 11) is 1.57. The standard InChI is InChI=1S/C27H33N5O6/c1-36-21-5-3-20(4-6-21)29-25(33)15-22-27(35)28-8-9-32(22)26(34)17-31-12-10-30(11-13-31)16-19-2-7-23-24(14-19)38-18-37-23/h2-7,14,22H,8-13,15-18H2,1H3,(H,28,35)(H,29,33)/t22-/m0/s1. The van der Waals surface area contributed by atoms with Gasteiger partial charge in [0.25, 0.3) is 0 Å². The molecule has 38 heavy (non-hydrogen) atoms. The summed E-state index contributed by atoms with van der Waals surface area (Å²) in [6.07, 6.45) is -0.104. The molecule has 3 heterocycles. The van der Waals surface area contributed by atoms with Crippen molar-refractivity contribution in [3.8, 4) is 17.2 Å². The molecule has 3 amide bonds. The minimum absolute atomic E-state index is 0.104. The predicted molar refractivity (Wildman–Crippen MR) is 139 cm³/mol. The van der Waals surface area contributed by atoms with Gasteiger partial charge in [-0.1, -0.05) is 6.07 Å². The van der Waals surface area contributed by atoms with Crippen LogP contribution in [0.25, 0.3) is 0 Å². The molecule has 2 aromatic carbocycles. The maximum atomic E-state index is 13.2. The van der Waals surface area contributed by atoms with Crippen LogP contribution in [0.1, 0.15) is 12.0 Å². The zero-order valence-corrected chi connectivity index (χ0v) is 21.5. The number of nitrogens with zero attached hydrogens (tertiary/aromatic N) is 3. The second kappa shape index (κ2) is 11.7. The summed E-state index contributed by atoms with van der Waals surface area (Å²) in [6, 6.07) is 12.1. The fourth-order valence-corrected chi connectivity index (χ4v) is 4.96. The molecule has 0 unspecified atom stereocenters. The molecule has 11 heteroatoms. The third-order valence-electron chi connectivity index (χ3n) is 7.07. The Morgan fingerprint density at radius 1 is 1.00 bits per heavy atom. The second-order valence-corrected chi connectivity index (χ2v) is 9.61. The summed E-state index contributed by atoms with van der Waals surface area (Å²) in [5.74, 6) is 1.48. The molecule has 0 saturated carbocycles. The van der Waals surface area contributed by atoms with Crippen LogP contribution < -0.4 is 24.8 Å². The van der Waals surface area contributed by atoms with Crippen LogP contribution in [-0.2, 0) is 20.9 Å². The minimum Gasteiger partial charge on any atom is -0.497 e. The van der Waals surface area contributed by atoms with Crippen LogP contribution in [0.3, 0.4) is 0 Å². The highest BCUT2D eigenvalue weighted by Gasteiger charge is 2.35. The van der Waals surface area contributed by atoms with Crippen LogP contribution >= 0.6 is 0 Å². The summed E-state index contributed by atoms with van der Waals surface area (Å²) in [5, 5.41) is 5.58. The molecule has 202 valence electrons.